The number of fused-ring (bicyclic) bond motifs is 1. The second kappa shape index (κ2) is 8.07. The van der Waals surface area contributed by atoms with E-state index in [0.717, 1.165) is 5.56 Å². The number of methoxy groups -OCH3 is 3. The van der Waals surface area contributed by atoms with Gasteiger partial charge < -0.3 is 29.0 Å². The average molecular weight is 373 g/mol. The molecule has 7 heteroatoms. The molecule has 1 atom stereocenters. The Bertz CT molecular complexity index is 818. The van der Waals surface area contributed by atoms with Crippen LogP contribution in [0.25, 0.3) is 0 Å². The van der Waals surface area contributed by atoms with Crippen molar-refractivity contribution in [3.63, 3.8) is 0 Å². The highest BCUT2D eigenvalue weighted by atomic mass is 16.6. The maximum Gasteiger partial charge on any atom is 0.252 e. The van der Waals surface area contributed by atoms with E-state index in [1.807, 2.05) is 19.1 Å². The predicted octanol–water partition coefficient (Wildman–Crippen LogP) is 2.97. The topological polar surface area (TPSA) is 75.3 Å². The second-order valence-electron chi connectivity index (χ2n) is 6.01. The largest absolute Gasteiger partial charge is 0.497 e. The van der Waals surface area contributed by atoms with Crippen LogP contribution in [0.1, 0.15) is 28.9 Å². The molecule has 1 heterocycles. The van der Waals surface area contributed by atoms with Crippen LogP contribution in [-0.4, -0.2) is 40.5 Å². The zero-order valence-electron chi connectivity index (χ0n) is 15.8. The highest BCUT2D eigenvalue weighted by Gasteiger charge is 2.22. The molecule has 1 unspecified atom stereocenters. The van der Waals surface area contributed by atoms with E-state index in [-0.39, 0.29) is 11.9 Å². The first-order valence-corrected chi connectivity index (χ1v) is 8.57. The first kappa shape index (κ1) is 18.7. The minimum atomic E-state index is -0.280. The summed E-state index contributed by atoms with van der Waals surface area (Å²) in [5.41, 5.74) is 1.27. The number of nitrogens with one attached hydrogen (secondary N) is 1. The molecule has 1 N–H and O–H groups in total. The standard InChI is InChI=1S/C20H23NO6/c1-12(15-6-5-14(23-2)11-16(15)24-3)21-20(22)13-9-17(25-4)19-18(10-13)26-7-8-27-19/h5-6,9-12H,7-8H2,1-4H3,(H,21,22). The molecule has 1 aliphatic rings. The van der Waals surface area contributed by atoms with Gasteiger partial charge in [-0.1, -0.05) is 0 Å². The fourth-order valence-corrected chi connectivity index (χ4v) is 2.94. The van der Waals surface area contributed by atoms with Crippen LogP contribution >= 0.6 is 0 Å². The first-order chi connectivity index (χ1) is 13.1. The molecule has 1 amide bonds. The van der Waals surface area contributed by atoms with Crippen molar-refractivity contribution in [2.45, 2.75) is 13.0 Å². The number of carbonyl (C=O) groups excluding carboxylic acids is 1. The third-order valence-electron chi connectivity index (χ3n) is 4.34. The van der Waals surface area contributed by atoms with Gasteiger partial charge in [0.1, 0.15) is 24.7 Å². The quantitative estimate of drug-likeness (QED) is 0.839. The Morgan fingerprint density at radius 3 is 2.44 bits per heavy atom. The molecule has 0 saturated heterocycles. The maximum atomic E-state index is 12.8. The van der Waals surface area contributed by atoms with E-state index in [0.29, 0.717) is 47.5 Å². The molecule has 0 saturated carbocycles. The van der Waals surface area contributed by atoms with Crippen LogP contribution < -0.4 is 29.0 Å². The number of hydrogen-bond acceptors (Lipinski definition) is 6. The molecule has 0 bridgehead atoms. The van der Waals surface area contributed by atoms with Gasteiger partial charge in [-0.15, -0.1) is 0 Å². The smallest absolute Gasteiger partial charge is 0.252 e. The summed E-state index contributed by atoms with van der Waals surface area (Å²) < 4.78 is 27.1. The highest BCUT2D eigenvalue weighted by molar-refractivity contribution is 5.96. The maximum absolute atomic E-state index is 12.8. The summed E-state index contributed by atoms with van der Waals surface area (Å²) in [6.07, 6.45) is 0. The number of ether oxygens (including phenoxy) is 5. The molecule has 27 heavy (non-hydrogen) atoms. The van der Waals surface area contributed by atoms with Crippen LogP contribution in [0.3, 0.4) is 0 Å². The molecule has 2 aromatic carbocycles. The van der Waals surface area contributed by atoms with E-state index in [4.69, 9.17) is 23.7 Å². The summed E-state index contributed by atoms with van der Waals surface area (Å²) in [7, 11) is 4.70. The van der Waals surface area contributed by atoms with Gasteiger partial charge in [0.05, 0.1) is 27.4 Å². The third-order valence-corrected chi connectivity index (χ3v) is 4.34. The van der Waals surface area contributed by atoms with Gasteiger partial charge in [0.25, 0.3) is 5.91 Å². The van der Waals surface area contributed by atoms with Crippen molar-refractivity contribution < 1.29 is 28.5 Å². The lowest BCUT2D eigenvalue weighted by Gasteiger charge is -2.22. The molecule has 0 fully saturated rings. The van der Waals surface area contributed by atoms with Crippen LogP contribution in [0.5, 0.6) is 28.7 Å². The van der Waals surface area contributed by atoms with Gasteiger partial charge in [0.15, 0.2) is 11.5 Å². The van der Waals surface area contributed by atoms with Crippen molar-refractivity contribution in [3.8, 4) is 28.7 Å². The number of benzene rings is 2. The highest BCUT2D eigenvalue weighted by Crippen LogP contribution is 2.40. The first-order valence-electron chi connectivity index (χ1n) is 8.57. The molecule has 0 aliphatic carbocycles. The molecule has 1 aliphatic heterocycles. The summed E-state index contributed by atoms with van der Waals surface area (Å²) in [4.78, 5) is 12.8. The lowest BCUT2D eigenvalue weighted by Crippen LogP contribution is -2.27. The molecule has 3 rings (SSSR count). The summed E-state index contributed by atoms with van der Waals surface area (Å²) in [6, 6.07) is 8.49. The van der Waals surface area contributed by atoms with Crippen LogP contribution in [-0.2, 0) is 0 Å². The Kier molecular flexibility index (Phi) is 5.59. The van der Waals surface area contributed by atoms with Crippen LogP contribution in [0.15, 0.2) is 30.3 Å². The van der Waals surface area contributed by atoms with E-state index in [9.17, 15) is 4.79 Å². The predicted molar refractivity (Wildman–Crippen MR) is 99.4 cm³/mol. The van der Waals surface area contributed by atoms with E-state index in [1.54, 1.807) is 32.4 Å². The fourth-order valence-electron chi connectivity index (χ4n) is 2.94. The van der Waals surface area contributed by atoms with Crippen LogP contribution in [0.2, 0.25) is 0 Å². The molecular formula is C20H23NO6. The minimum absolute atomic E-state index is 0.254. The van der Waals surface area contributed by atoms with Gasteiger partial charge in [-0.05, 0) is 31.2 Å². The number of amides is 1. The number of carbonyl (C=O) groups is 1. The van der Waals surface area contributed by atoms with Crippen LogP contribution in [0, 0.1) is 0 Å². The lowest BCUT2D eigenvalue weighted by molar-refractivity contribution is 0.0937. The molecule has 0 aromatic heterocycles. The second-order valence-corrected chi connectivity index (χ2v) is 6.01. The number of rotatable bonds is 6. The Balaban J connectivity index is 1.83. The van der Waals surface area contributed by atoms with Gasteiger partial charge in [0, 0.05) is 17.2 Å². The summed E-state index contributed by atoms with van der Waals surface area (Å²) in [5.74, 6) is 2.56. The zero-order chi connectivity index (χ0) is 19.4. The fraction of sp³-hybridized carbons (Fsp3) is 0.350. The van der Waals surface area contributed by atoms with Crippen molar-refractivity contribution >= 4 is 5.91 Å². The van der Waals surface area contributed by atoms with E-state index in [2.05, 4.69) is 5.32 Å². The summed E-state index contributed by atoms with van der Waals surface area (Å²) in [5, 5.41) is 2.97. The Hall–Kier alpha value is -3.09. The molecule has 2 aromatic rings. The molecule has 7 nitrogen and oxygen atoms in total. The van der Waals surface area contributed by atoms with Crippen molar-refractivity contribution in [3.05, 3.63) is 41.5 Å². The Morgan fingerprint density at radius 1 is 1.00 bits per heavy atom. The SMILES string of the molecule is COc1ccc(C(C)NC(=O)c2cc(OC)c3c(c2)OCCO3)c(OC)c1. The van der Waals surface area contributed by atoms with Crippen molar-refractivity contribution in [1.82, 2.24) is 5.32 Å². The number of hydrogen-bond donors (Lipinski definition) is 1. The third kappa shape index (κ3) is 3.86. The van der Waals surface area contributed by atoms with Gasteiger partial charge in [-0.3, -0.25) is 4.79 Å². The lowest BCUT2D eigenvalue weighted by atomic mass is 10.1. The molecule has 144 valence electrons. The Morgan fingerprint density at radius 2 is 1.74 bits per heavy atom. The van der Waals surface area contributed by atoms with Gasteiger partial charge in [-0.25, -0.2) is 0 Å². The normalized spacial score (nSPS) is 13.5. The average Bonchev–Trinajstić information content (AvgIpc) is 2.72. The van der Waals surface area contributed by atoms with E-state index < -0.39 is 0 Å². The van der Waals surface area contributed by atoms with Crippen molar-refractivity contribution in [2.24, 2.45) is 0 Å². The molecule has 0 spiro atoms. The Labute approximate surface area is 158 Å². The van der Waals surface area contributed by atoms with Crippen LogP contribution in [0.4, 0.5) is 0 Å². The minimum Gasteiger partial charge on any atom is -0.497 e. The van der Waals surface area contributed by atoms with Gasteiger partial charge in [-0.2, -0.15) is 0 Å². The van der Waals surface area contributed by atoms with E-state index in [1.165, 1.54) is 7.11 Å². The zero-order valence-corrected chi connectivity index (χ0v) is 15.8. The van der Waals surface area contributed by atoms with Gasteiger partial charge >= 0.3 is 0 Å². The van der Waals surface area contributed by atoms with E-state index >= 15 is 0 Å². The summed E-state index contributed by atoms with van der Waals surface area (Å²) in [6.45, 7) is 2.77. The van der Waals surface area contributed by atoms with Crippen molar-refractivity contribution in [1.29, 1.82) is 0 Å². The molecular weight excluding hydrogens is 350 g/mol. The van der Waals surface area contributed by atoms with Gasteiger partial charge in [0.2, 0.25) is 5.75 Å². The van der Waals surface area contributed by atoms with Crippen molar-refractivity contribution in [2.75, 3.05) is 34.5 Å². The molecule has 0 radical (unpaired) electrons. The monoisotopic (exact) mass is 373 g/mol. The summed E-state index contributed by atoms with van der Waals surface area (Å²) >= 11 is 0.